The summed E-state index contributed by atoms with van der Waals surface area (Å²) >= 11 is 0. The molecule has 20 heteroatoms. The molecule has 2 amide bonds. The van der Waals surface area contributed by atoms with Gasteiger partial charge in [0.05, 0.1) is 28.7 Å². The van der Waals surface area contributed by atoms with Crippen molar-refractivity contribution < 1.29 is 53.5 Å². The highest BCUT2D eigenvalue weighted by Gasteiger charge is 2.40. The van der Waals surface area contributed by atoms with Crippen LogP contribution in [0.3, 0.4) is 0 Å². The van der Waals surface area contributed by atoms with Crippen molar-refractivity contribution in [1.82, 2.24) is 25.5 Å². The van der Waals surface area contributed by atoms with Gasteiger partial charge >= 0.3 is 12.4 Å². The highest BCUT2D eigenvalue weighted by atomic mass is 19.4. The molecule has 0 unspecified atom stereocenters. The summed E-state index contributed by atoms with van der Waals surface area (Å²) in [6.07, 6.45) is -6.14. The maximum absolute atomic E-state index is 13.7. The Hall–Kier alpha value is -4.78. The number of aromatic nitrogens is 4. The van der Waals surface area contributed by atoms with Crippen LogP contribution in [0, 0.1) is 19.8 Å². The van der Waals surface area contributed by atoms with Crippen LogP contribution in [0.2, 0.25) is 0 Å². The number of carbonyl (C=O) groups is 2. The first-order valence-corrected chi connectivity index (χ1v) is 18.9. The highest BCUT2D eigenvalue weighted by Crippen LogP contribution is 2.38. The minimum atomic E-state index is -4.78. The fourth-order valence-corrected chi connectivity index (χ4v) is 7.07. The van der Waals surface area contributed by atoms with Gasteiger partial charge in [0.15, 0.2) is 11.4 Å². The number of amides is 2. The number of halogens is 10. The molecule has 10 nitrogen and oxygen atoms in total. The van der Waals surface area contributed by atoms with Crippen molar-refractivity contribution in [2.45, 2.75) is 109 Å². The van der Waals surface area contributed by atoms with Crippen molar-refractivity contribution in [2.24, 2.45) is 5.92 Å². The number of alkyl halides is 10. The second kappa shape index (κ2) is 17.6. The predicted octanol–water partition coefficient (Wildman–Crippen LogP) is 9.03. The molecule has 0 aromatic carbocycles. The van der Waals surface area contributed by atoms with Crippen LogP contribution in [0.4, 0.5) is 61.1 Å². The van der Waals surface area contributed by atoms with Crippen LogP contribution in [0.5, 0.6) is 0 Å². The lowest BCUT2D eigenvalue weighted by molar-refractivity contribution is -0.141. The van der Waals surface area contributed by atoms with Crippen molar-refractivity contribution in [3.8, 4) is 0 Å². The summed E-state index contributed by atoms with van der Waals surface area (Å²) in [4.78, 5) is 36.3. The van der Waals surface area contributed by atoms with Gasteiger partial charge in [-0.2, -0.15) is 26.3 Å². The summed E-state index contributed by atoms with van der Waals surface area (Å²) in [7, 11) is 0. The molecule has 3 aromatic heterocycles. The molecule has 5 heterocycles. The monoisotopic (exact) mass is 834 g/mol. The first-order chi connectivity index (χ1) is 27.1. The van der Waals surface area contributed by atoms with E-state index in [4.69, 9.17) is 0 Å². The summed E-state index contributed by atoms with van der Waals surface area (Å²) < 4.78 is 134. The largest absolute Gasteiger partial charge is 0.435 e. The molecule has 3 aliphatic rings. The van der Waals surface area contributed by atoms with E-state index < -0.39 is 60.1 Å². The van der Waals surface area contributed by atoms with E-state index in [0.717, 1.165) is 19.3 Å². The van der Waals surface area contributed by atoms with Crippen molar-refractivity contribution in [3.05, 3.63) is 64.4 Å². The van der Waals surface area contributed by atoms with Gasteiger partial charge in [0.25, 0.3) is 11.8 Å². The van der Waals surface area contributed by atoms with Crippen molar-refractivity contribution in [1.29, 1.82) is 0 Å². The number of nitrogens with one attached hydrogen (secondary N) is 2. The third kappa shape index (κ3) is 11.2. The Bertz CT molecular complexity index is 1920. The quantitative estimate of drug-likeness (QED) is 0.227. The molecule has 3 fully saturated rings. The topological polar surface area (TPSA) is 116 Å². The number of anilines is 3. The third-order valence-electron chi connectivity index (χ3n) is 10.5. The summed E-state index contributed by atoms with van der Waals surface area (Å²) in [5.41, 5.74) is -2.18. The number of hydrogen-bond acceptors (Lipinski definition) is 8. The summed E-state index contributed by atoms with van der Waals surface area (Å²) in [5, 5.41) is 11.9. The Morgan fingerprint density at radius 1 is 0.793 bits per heavy atom. The maximum Gasteiger partial charge on any atom is 0.435 e. The number of rotatable bonds is 7. The van der Waals surface area contributed by atoms with Crippen LogP contribution >= 0.6 is 0 Å². The predicted molar refractivity (Wildman–Crippen MR) is 194 cm³/mol. The fourth-order valence-electron chi connectivity index (χ4n) is 7.07. The molecule has 1 saturated carbocycles. The zero-order chi connectivity index (χ0) is 42.6. The molecule has 6 rings (SSSR count). The van der Waals surface area contributed by atoms with E-state index >= 15 is 0 Å². The van der Waals surface area contributed by atoms with E-state index in [1.165, 1.54) is 22.9 Å². The number of hydrogen-bond donors (Lipinski definition) is 2. The third-order valence-corrected chi connectivity index (χ3v) is 10.5. The number of aryl methyl sites for hydroxylation is 1. The number of pyridine rings is 2. The minimum Gasteiger partial charge on any atom is -0.369 e. The second-order valence-electron chi connectivity index (χ2n) is 14.9. The Balaban J connectivity index is 0.000000221. The van der Waals surface area contributed by atoms with Crippen molar-refractivity contribution in [3.63, 3.8) is 0 Å². The average molecular weight is 835 g/mol. The molecule has 0 radical (unpaired) electrons. The van der Waals surface area contributed by atoms with Crippen LogP contribution in [0.1, 0.15) is 108 Å². The van der Waals surface area contributed by atoms with Gasteiger partial charge in [0, 0.05) is 69.8 Å². The molecule has 3 aromatic rings. The Morgan fingerprint density at radius 2 is 1.41 bits per heavy atom. The van der Waals surface area contributed by atoms with Crippen LogP contribution in [0.25, 0.3) is 0 Å². The van der Waals surface area contributed by atoms with Crippen LogP contribution in [-0.4, -0.2) is 76.0 Å². The lowest BCUT2D eigenvalue weighted by atomic mass is 9.78. The standard InChI is InChI=1S/C20H26F5N3O.C18H18F5N5O/c1-3-13-9-14(10-13)27-18(29)16-12(2)15(20(23,24)25)11-26-17(16)28-7-4-5-19(21,22)6-8-28;1-11-3-4-12(10-24-11)25-16(29)15-13(9-14(26-27-15)18(21,22)23)28-7-2-5-17(19,20)6-8-28/h11,13-14H,3-10H2,1-2H3,(H,27,29);3-4,9-10H,2,5-8H2,1H3,(H,25,29). The number of carbonyl (C=O) groups excluding carboxylic acids is 2. The first kappa shape index (κ1) is 44.3. The molecule has 58 heavy (non-hydrogen) atoms. The molecule has 2 aliphatic heterocycles. The first-order valence-electron chi connectivity index (χ1n) is 18.9. The molecule has 2 N–H and O–H groups in total. The molecule has 318 valence electrons. The zero-order valence-corrected chi connectivity index (χ0v) is 32.0. The Morgan fingerprint density at radius 3 is 1.98 bits per heavy atom. The molecule has 0 spiro atoms. The molecular weight excluding hydrogens is 790 g/mol. The van der Waals surface area contributed by atoms with Gasteiger partial charge in [0.1, 0.15) is 5.82 Å². The second-order valence-corrected chi connectivity index (χ2v) is 14.9. The van der Waals surface area contributed by atoms with E-state index in [9.17, 15) is 53.5 Å². The van der Waals surface area contributed by atoms with Crippen LogP contribution < -0.4 is 20.4 Å². The van der Waals surface area contributed by atoms with Gasteiger partial charge in [-0.3, -0.25) is 14.6 Å². The van der Waals surface area contributed by atoms with E-state index in [1.54, 1.807) is 19.1 Å². The molecular formula is C38H44F10N8O2. The Labute approximate surface area is 328 Å². The van der Waals surface area contributed by atoms with Crippen molar-refractivity contribution in [2.75, 3.05) is 41.3 Å². The Kier molecular flexibility index (Phi) is 13.5. The average Bonchev–Trinajstić information content (AvgIpc) is 3.42. The van der Waals surface area contributed by atoms with Crippen LogP contribution in [-0.2, 0) is 12.4 Å². The van der Waals surface area contributed by atoms with Gasteiger partial charge in [-0.25, -0.2) is 22.5 Å². The molecule has 0 bridgehead atoms. The molecule has 1 aliphatic carbocycles. The van der Waals surface area contributed by atoms with E-state index in [1.807, 2.05) is 0 Å². The summed E-state index contributed by atoms with van der Waals surface area (Å²) in [6.45, 7) is 5.07. The van der Waals surface area contributed by atoms with E-state index in [2.05, 4.69) is 37.7 Å². The van der Waals surface area contributed by atoms with Gasteiger partial charge in [-0.15, -0.1) is 10.2 Å². The lowest BCUT2D eigenvalue weighted by Crippen LogP contribution is -2.45. The molecule has 2 saturated heterocycles. The van der Waals surface area contributed by atoms with Crippen molar-refractivity contribution >= 4 is 29.0 Å². The van der Waals surface area contributed by atoms with E-state index in [-0.39, 0.29) is 86.2 Å². The molecule has 0 atom stereocenters. The zero-order valence-electron chi connectivity index (χ0n) is 32.0. The SMILES string of the molecule is CCC1CC(NC(=O)c2c(N3CCCC(F)(F)CC3)ncc(C(F)(F)F)c2C)C1.Cc1ccc(NC(=O)c2nnc(C(F)(F)F)cc2N2CCCC(F)(F)CC2)cn1. The summed E-state index contributed by atoms with van der Waals surface area (Å²) in [5.74, 6) is -6.59. The van der Waals surface area contributed by atoms with Gasteiger partial charge < -0.3 is 20.4 Å². The van der Waals surface area contributed by atoms with Gasteiger partial charge in [0.2, 0.25) is 11.8 Å². The normalized spacial score (nSPS) is 20.8. The van der Waals surface area contributed by atoms with Gasteiger partial charge in [-0.05, 0) is 69.2 Å². The highest BCUT2D eigenvalue weighted by molar-refractivity contribution is 6.06. The lowest BCUT2D eigenvalue weighted by Gasteiger charge is -2.35. The smallest absolute Gasteiger partial charge is 0.369 e. The maximum atomic E-state index is 13.7. The van der Waals surface area contributed by atoms with Gasteiger partial charge in [-0.1, -0.05) is 13.3 Å². The minimum absolute atomic E-state index is 0.0528. The summed E-state index contributed by atoms with van der Waals surface area (Å²) in [6, 6.07) is 3.82. The van der Waals surface area contributed by atoms with E-state index in [0.29, 0.717) is 29.6 Å². The van der Waals surface area contributed by atoms with Crippen LogP contribution in [0.15, 0.2) is 30.6 Å². The number of nitrogens with zero attached hydrogens (tertiary/aromatic N) is 6. The fraction of sp³-hybridized carbons (Fsp3) is 0.579.